The fraction of sp³-hybridized carbons (Fsp3) is 0.448. The van der Waals surface area contributed by atoms with Gasteiger partial charge < -0.3 is 14.5 Å². The summed E-state index contributed by atoms with van der Waals surface area (Å²) in [6.45, 7) is 3.10. The van der Waals surface area contributed by atoms with E-state index in [0.717, 1.165) is 43.5 Å². The summed E-state index contributed by atoms with van der Waals surface area (Å²) in [6, 6.07) is 15.4. The lowest BCUT2D eigenvalue weighted by molar-refractivity contribution is 0.321. The minimum atomic E-state index is 0.721. The molecule has 0 bridgehead atoms. The van der Waals surface area contributed by atoms with Gasteiger partial charge in [0.1, 0.15) is 5.69 Å². The predicted molar refractivity (Wildman–Crippen MR) is 141 cm³/mol. The molecule has 2 aromatic carbocycles. The van der Waals surface area contributed by atoms with Crippen LogP contribution in [0.25, 0.3) is 33.5 Å². The van der Waals surface area contributed by atoms with Gasteiger partial charge in [0.05, 0.1) is 24.4 Å². The molecule has 0 radical (unpaired) electrons. The van der Waals surface area contributed by atoms with Crippen molar-refractivity contribution < 1.29 is 0 Å². The second-order valence-corrected chi connectivity index (χ2v) is 9.78. The van der Waals surface area contributed by atoms with Gasteiger partial charge in [-0.15, -0.1) is 0 Å². The van der Waals surface area contributed by atoms with Crippen LogP contribution in [-0.4, -0.2) is 32.7 Å². The fourth-order valence-corrected chi connectivity index (χ4v) is 5.42. The van der Waals surface area contributed by atoms with E-state index in [1.807, 2.05) is 19.6 Å². The maximum absolute atomic E-state index is 4.99. The van der Waals surface area contributed by atoms with E-state index in [0.29, 0.717) is 0 Å². The molecule has 34 heavy (non-hydrogen) atoms. The highest BCUT2D eigenvalue weighted by molar-refractivity contribution is 5.87. The Labute approximate surface area is 203 Å². The van der Waals surface area contributed by atoms with Crippen molar-refractivity contribution in [3.63, 3.8) is 0 Å². The van der Waals surface area contributed by atoms with Gasteiger partial charge in [-0.3, -0.25) is 0 Å². The highest BCUT2D eigenvalue weighted by Gasteiger charge is 2.21. The Bertz CT molecular complexity index is 1200. The summed E-state index contributed by atoms with van der Waals surface area (Å²) >= 11 is 0. The molecule has 0 saturated heterocycles. The number of nitrogens with one attached hydrogen (secondary N) is 1. The van der Waals surface area contributed by atoms with Crippen LogP contribution in [0, 0.1) is 5.92 Å². The smallest absolute Gasteiger partial charge is 0.158 e. The number of nitrogens with zero attached hydrogens (tertiary/aromatic N) is 4. The molecule has 1 aliphatic rings. The minimum absolute atomic E-state index is 0.721. The molecule has 0 unspecified atom stereocenters. The number of hydrogen-bond donors (Lipinski definition) is 1. The normalized spacial score (nSPS) is 14.7. The van der Waals surface area contributed by atoms with E-state index >= 15 is 0 Å². The largest absolute Gasteiger partial charge is 0.328 e. The molecule has 1 saturated carbocycles. The SMILES string of the molecule is CNCCCCCn1cncc1-c1ncc(-c2ccc3ccccc3c2)n1CC1CCCCC1. The van der Waals surface area contributed by atoms with Crippen molar-refractivity contribution in [3.05, 3.63) is 61.2 Å². The Morgan fingerprint density at radius 1 is 0.912 bits per heavy atom. The van der Waals surface area contributed by atoms with Crippen molar-refractivity contribution in [1.82, 2.24) is 24.4 Å². The fourth-order valence-electron chi connectivity index (χ4n) is 5.42. The highest BCUT2D eigenvalue weighted by atomic mass is 15.1. The van der Waals surface area contributed by atoms with E-state index < -0.39 is 0 Å². The van der Waals surface area contributed by atoms with E-state index in [1.165, 1.54) is 67.0 Å². The molecule has 1 aliphatic carbocycles. The average Bonchev–Trinajstić information content (AvgIpc) is 3.51. The van der Waals surface area contributed by atoms with Gasteiger partial charge in [0, 0.05) is 18.7 Å². The first-order chi connectivity index (χ1) is 16.8. The van der Waals surface area contributed by atoms with Crippen molar-refractivity contribution in [2.24, 2.45) is 5.92 Å². The summed E-state index contributed by atoms with van der Waals surface area (Å²) in [4.78, 5) is 9.51. The van der Waals surface area contributed by atoms with Crippen LogP contribution >= 0.6 is 0 Å². The third-order valence-electron chi connectivity index (χ3n) is 7.33. The minimum Gasteiger partial charge on any atom is -0.328 e. The Balaban J connectivity index is 1.48. The monoisotopic (exact) mass is 455 g/mol. The molecule has 5 heteroatoms. The van der Waals surface area contributed by atoms with Crippen LogP contribution in [-0.2, 0) is 13.1 Å². The number of unbranched alkanes of at least 4 members (excludes halogenated alkanes) is 2. The van der Waals surface area contributed by atoms with Gasteiger partial charge in [0.15, 0.2) is 5.82 Å². The second kappa shape index (κ2) is 11.0. The number of fused-ring (bicyclic) bond motifs is 1. The maximum atomic E-state index is 4.99. The standard InChI is InChI=1S/C29H37N5/c1-30-16-8-3-9-17-33-22-31-19-28(33)29-32-20-27(34(29)21-23-10-4-2-5-11-23)26-15-14-24-12-6-7-13-25(24)18-26/h6-7,12-15,18-20,22-23,30H,2-5,8-11,16-17,21H2,1H3. The molecule has 1 fully saturated rings. The van der Waals surface area contributed by atoms with Gasteiger partial charge in [0.25, 0.3) is 0 Å². The van der Waals surface area contributed by atoms with Crippen LogP contribution in [0.4, 0.5) is 0 Å². The van der Waals surface area contributed by atoms with Gasteiger partial charge in [-0.05, 0) is 62.0 Å². The third kappa shape index (κ3) is 5.10. The van der Waals surface area contributed by atoms with Crippen LogP contribution in [0.15, 0.2) is 61.2 Å². The lowest BCUT2D eigenvalue weighted by Gasteiger charge is -2.24. The molecule has 4 aromatic rings. The first kappa shape index (κ1) is 22.9. The van der Waals surface area contributed by atoms with Crippen molar-refractivity contribution in [2.75, 3.05) is 13.6 Å². The third-order valence-corrected chi connectivity index (χ3v) is 7.33. The molecule has 2 heterocycles. The van der Waals surface area contributed by atoms with Crippen LogP contribution in [0.1, 0.15) is 51.4 Å². The molecule has 0 spiro atoms. The first-order valence-electron chi connectivity index (χ1n) is 13.0. The zero-order valence-electron chi connectivity index (χ0n) is 20.4. The van der Waals surface area contributed by atoms with Crippen LogP contribution in [0.2, 0.25) is 0 Å². The molecule has 5 rings (SSSR count). The van der Waals surface area contributed by atoms with Gasteiger partial charge in [0.2, 0.25) is 0 Å². The second-order valence-electron chi connectivity index (χ2n) is 9.78. The van der Waals surface area contributed by atoms with Crippen LogP contribution in [0.5, 0.6) is 0 Å². The summed E-state index contributed by atoms with van der Waals surface area (Å²) in [5, 5.41) is 5.80. The molecular formula is C29H37N5. The summed E-state index contributed by atoms with van der Waals surface area (Å²) < 4.78 is 4.78. The Hall–Kier alpha value is -2.92. The molecule has 0 aliphatic heterocycles. The zero-order valence-corrected chi connectivity index (χ0v) is 20.4. The van der Waals surface area contributed by atoms with E-state index in [1.54, 1.807) is 0 Å². The first-order valence-corrected chi connectivity index (χ1v) is 13.0. The number of imidazole rings is 2. The van der Waals surface area contributed by atoms with Crippen LogP contribution in [0.3, 0.4) is 0 Å². The van der Waals surface area contributed by atoms with E-state index in [-0.39, 0.29) is 0 Å². The molecule has 2 aromatic heterocycles. The summed E-state index contributed by atoms with van der Waals surface area (Å²) in [7, 11) is 2.02. The molecule has 0 atom stereocenters. The number of aromatic nitrogens is 4. The summed E-state index contributed by atoms with van der Waals surface area (Å²) in [6.07, 6.45) is 16.4. The topological polar surface area (TPSA) is 47.7 Å². The number of aryl methyl sites for hydroxylation is 1. The quantitative estimate of drug-likeness (QED) is 0.276. The Kier molecular flexibility index (Phi) is 7.40. The Morgan fingerprint density at radius 3 is 2.62 bits per heavy atom. The van der Waals surface area contributed by atoms with Gasteiger partial charge in [-0.1, -0.05) is 62.1 Å². The van der Waals surface area contributed by atoms with Gasteiger partial charge >= 0.3 is 0 Å². The zero-order chi connectivity index (χ0) is 23.2. The molecule has 178 valence electrons. The highest BCUT2D eigenvalue weighted by Crippen LogP contribution is 2.33. The molecule has 1 N–H and O–H groups in total. The molecular weight excluding hydrogens is 418 g/mol. The lowest BCUT2D eigenvalue weighted by Crippen LogP contribution is -2.16. The number of hydrogen-bond acceptors (Lipinski definition) is 3. The van der Waals surface area contributed by atoms with Crippen molar-refractivity contribution >= 4 is 10.8 Å². The summed E-state index contributed by atoms with van der Waals surface area (Å²) in [5.74, 6) is 1.78. The van der Waals surface area contributed by atoms with Gasteiger partial charge in [-0.25, -0.2) is 9.97 Å². The van der Waals surface area contributed by atoms with Gasteiger partial charge in [-0.2, -0.15) is 0 Å². The van der Waals surface area contributed by atoms with Crippen molar-refractivity contribution in [2.45, 2.75) is 64.5 Å². The Morgan fingerprint density at radius 2 is 1.76 bits per heavy atom. The van der Waals surface area contributed by atoms with E-state index in [2.05, 4.69) is 68.1 Å². The van der Waals surface area contributed by atoms with Crippen LogP contribution < -0.4 is 5.32 Å². The predicted octanol–water partition coefficient (Wildman–Crippen LogP) is 6.54. The number of rotatable bonds is 10. The van der Waals surface area contributed by atoms with E-state index in [9.17, 15) is 0 Å². The maximum Gasteiger partial charge on any atom is 0.158 e. The number of benzene rings is 2. The molecule has 0 amide bonds. The average molecular weight is 456 g/mol. The summed E-state index contributed by atoms with van der Waals surface area (Å²) in [5.41, 5.74) is 3.59. The van der Waals surface area contributed by atoms with E-state index in [4.69, 9.17) is 4.98 Å². The van der Waals surface area contributed by atoms with Crippen molar-refractivity contribution in [1.29, 1.82) is 0 Å². The molecule has 5 nitrogen and oxygen atoms in total. The lowest BCUT2D eigenvalue weighted by atomic mass is 9.89. The van der Waals surface area contributed by atoms with Crippen molar-refractivity contribution in [3.8, 4) is 22.8 Å².